The first-order valence-corrected chi connectivity index (χ1v) is 9.98. The Kier molecular flexibility index (Phi) is 5.89. The van der Waals surface area contributed by atoms with Crippen LogP contribution >= 0.6 is 0 Å². The van der Waals surface area contributed by atoms with E-state index in [0.717, 1.165) is 28.0 Å². The molecule has 0 saturated carbocycles. The third kappa shape index (κ3) is 4.10. The van der Waals surface area contributed by atoms with Crippen molar-refractivity contribution in [1.82, 2.24) is 4.90 Å². The molecule has 1 heterocycles. The number of hydrogen-bond acceptors (Lipinski definition) is 4. The zero-order valence-electron chi connectivity index (χ0n) is 17.3. The van der Waals surface area contributed by atoms with Gasteiger partial charge >= 0.3 is 0 Å². The molecule has 4 rings (SSSR count). The van der Waals surface area contributed by atoms with E-state index in [2.05, 4.69) is 6.07 Å². The molecule has 0 unspecified atom stereocenters. The van der Waals surface area contributed by atoms with Gasteiger partial charge in [0.2, 0.25) is 5.91 Å². The number of para-hydroxylation sites is 1. The highest BCUT2D eigenvalue weighted by molar-refractivity contribution is 5.79. The topological polar surface area (TPSA) is 48.0 Å². The smallest absolute Gasteiger partial charge is 0.227 e. The maximum atomic E-state index is 13.0. The van der Waals surface area contributed by atoms with E-state index in [0.29, 0.717) is 37.6 Å². The number of carbonyl (C=O) groups excluding carboxylic acids is 1. The third-order valence-corrected chi connectivity index (χ3v) is 5.29. The Morgan fingerprint density at radius 1 is 0.967 bits per heavy atom. The lowest BCUT2D eigenvalue weighted by Gasteiger charge is -2.20. The maximum Gasteiger partial charge on any atom is 0.227 e. The second-order valence-corrected chi connectivity index (χ2v) is 7.19. The molecule has 0 atom stereocenters. The van der Waals surface area contributed by atoms with Crippen LogP contribution < -0.4 is 14.2 Å². The lowest BCUT2D eigenvalue weighted by Crippen LogP contribution is -2.33. The quantitative estimate of drug-likeness (QED) is 0.636. The van der Waals surface area contributed by atoms with Crippen molar-refractivity contribution >= 4 is 5.91 Å². The van der Waals surface area contributed by atoms with Crippen LogP contribution in [0, 0.1) is 0 Å². The van der Waals surface area contributed by atoms with Gasteiger partial charge in [-0.15, -0.1) is 0 Å². The van der Waals surface area contributed by atoms with Gasteiger partial charge in [-0.3, -0.25) is 4.79 Å². The molecule has 5 nitrogen and oxygen atoms in total. The van der Waals surface area contributed by atoms with E-state index in [1.54, 1.807) is 14.2 Å². The van der Waals surface area contributed by atoms with Gasteiger partial charge in [-0.2, -0.15) is 0 Å². The third-order valence-electron chi connectivity index (χ3n) is 5.29. The highest BCUT2D eigenvalue weighted by Crippen LogP contribution is 2.40. The van der Waals surface area contributed by atoms with Gasteiger partial charge in [-0.1, -0.05) is 48.5 Å². The molecule has 1 aliphatic rings. The van der Waals surface area contributed by atoms with Crippen LogP contribution in [0.3, 0.4) is 0 Å². The molecule has 154 valence electrons. The van der Waals surface area contributed by atoms with Crippen molar-refractivity contribution in [2.45, 2.75) is 13.0 Å². The molecule has 3 aromatic rings. The fourth-order valence-corrected chi connectivity index (χ4v) is 3.77. The van der Waals surface area contributed by atoms with Gasteiger partial charge in [0.05, 0.1) is 27.2 Å². The van der Waals surface area contributed by atoms with Gasteiger partial charge in [0.25, 0.3) is 0 Å². The zero-order valence-corrected chi connectivity index (χ0v) is 17.3. The number of amides is 1. The molecule has 30 heavy (non-hydrogen) atoms. The van der Waals surface area contributed by atoms with Gasteiger partial charge in [-0.25, -0.2) is 0 Å². The summed E-state index contributed by atoms with van der Waals surface area (Å²) >= 11 is 0. The summed E-state index contributed by atoms with van der Waals surface area (Å²) in [6.07, 6.45) is 0.375. The lowest BCUT2D eigenvalue weighted by atomic mass is 10.00. The lowest BCUT2D eigenvalue weighted by molar-refractivity contribution is -0.131. The average Bonchev–Trinajstić information content (AvgIpc) is 3.01. The summed E-state index contributed by atoms with van der Waals surface area (Å²) < 4.78 is 17.2. The number of ether oxygens (including phenoxy) is 3. The molecule has 0 bridgehead atoms. The molecule has 0 N–H and O–H groups in total. The van der Waals surface area contributed by atoms with Crippen molar-refractivity contribution in [2.75, 3.05) is 27.4 Å². The Hall–Kier alpha value is -3.47. The molecular weight excluding hydrogens is 378 g/mol. The van der Waals surface area contributed by atoms with Gasteiger partial charge in [0, 0.05) is 17.7 Å². The molecule has 1 amide bonds. The normalized spacial score (nSPS) is 13.1. The van der Waals surface area contributed by atoms with Crippen LogP contribution in [-0.4, -0.2) is 38.2 Å². The van der Waals surface area contributed by atoms with E-state index in [1.165, 1.54) is 0 Å². The predicted octanol–water partition coefficient (Wildman–Crippen LogP) is 4.33. The Morgan fingerprint density at radius 3 is 2.47 bits per heavy atom. The fraction of sp³-hybridized carbons (Fsp3) is 0.240. The minimum Gasteiger partial charge on any atom is -0.496 e. The van der Waals surface area contributed by atoms with Crippen LogP contribution in [0.25, 0.3) is 11.1 Å². The number of nitrogens with zero attached hydrogens (tertiary/aromatic N) is 1. The molecular formula is C25H25NO4. The maximum absolute atomic E-state index is 13.0. The summed E-state index contributed by atoms with van der Waals surface area (Å²) in [5, 5.41) is 0. The molecule has 0 aromatic heterocycles. The van der Waals surface area contributed by atoms with Crippen molar-refractivity contribution in [1.29, 1.82) is 0 Å². The second kappa shape index (κ2) is 8.91. The van der Waals surface area contributed by atoms with Crippen LogP contribution in [0.1, 0.15) is 11.1 Å². The number of hydrogen-bond donors (Lipinski definition) is 0. The fourth-order valence-electron chi connectivity index (χ4n) is 3.77. The number of methoxy groups -OCH3 is 2. The van der Waals surface area contributed by atoms with Crippen molar-refractivity contribution < 1.29 is 19.0 Å². The first-order valence-electron chi connectivity index (χ1n) is 9.98. The minimum atomic E-state index is 0.0827. The number of rotatable bonds is 5. The average molecular weight is 403 g/mol. The summed E-state index contributed by atoms with van der Waals surface area (Å²) in [7, 11) is 3.29. The van der Waals surface area contributed by atoms with Crippen molar-refractivity contribution in [3.63, 3.8) is 0 Å². The van der Waals surface area contributed by atoms with Gasteiger partial charge < -0.3 is 19.1 Å². The Balaban J connectivity index is 1.67. The number of fused-ring (bicyclic) bond motifs is 1. The predicted molar refractivity (Wildman–Crippen MR) is 116 cm³/mol. The SMILES string of the molecule is COc1ccccc1-c1cc2c(c(OC)c1)OCCN(C(=O)Cc1ccccc1)C2. The summed E-state index contributed by atoms with van der Waals surface area (Å²) in [5.74, 6) is 2.22. The molecule has 0 saturated heterocycles. The van der Waals surface area contributed by atoms with Crippen LogP contribution in [0.4, 0.5) is 0 Å². The van der Waals surface area contributed by atoms with E-state index in [4.69, 9.17) is 14.2 Å². The van der Waals surface area contributed by atoms with Crippen LogP contribution in [-0.2, 0) is 17.8 Å². The molecule has 0 spiro atoms. The Bertz CT molecular complexity index is 1030. The van der Waals surface area contributed by atoms with Crippen molar-refractivity contribution in [3.8, 4) is 28.4 Å². The van der Waals surface area contributed by atoms with Gasteiger partial charge in [0.15, 0.2) is 11.5 Å². The molecule has 0 radical (unpaired) electrons. The first-order chi connectivity index (χ1) is 14.7. The number of benzene rings is 3. The molecule has 5 heteroatoms. The van der Waals surface area contributed by atoms with Gasteiger partial charge in [-0.05, 0) is 29.3 Å². The largest absolute Gasteiger partial charge is 0.496 e. The Labute approximate surface area is 176 Å². The number of carbonyl (C=O) groups is 1. The van der Waals surface area contributed by atoms with Crippen molar-refractivity contribution in [2.24, 2.45) is 0 Å². The monoisotopic (exact) mass is 403 g/mol. The van der Waals surface area contributed by atoms with E-state index in [9.17, 15) is 4.79 Å². The Morgan fingerprint density at radius 2 is 1.70 bits per heavy atom. The van der Waals surface area contributed by atoms with E-state index in [1.807, 2.05) is 65.6 Å². The summed E-state index contributed by atoms with van der Waals surface area (Å²) in [6.45, 7) is 1.44. The molecule has 0 fully saturated rings. The first kappa shape index (κ1) is 19.8. The van der Waals surface area contributed by atoms with Crippen LogP contribution in [0.5, 0.6) is 17.2 Å². The van der Waals surface area contributed by atoms with E-state index >= 15 is 0 Å². The van der Waals surface area contributed by atoms with Gasteiger partial charge in [0.1, 0.15) is 12.4 Å². The second-order valence-electron chi connectivity index (χ2n) is 7.19. The van der Waals surface area contributed by atoms with E-state index in [-0.39, 0.29) is 5.91 Å². The summed E-state index contributed by atoms with van der Waals surface area (Å²) in [6, 6.07) is 21.7. The zero-order chi connectivity index (χ0) is 20.9. The minimum absolute atomic E-state index is 0.0827. The molecule has 0 aliphatic carbocycles. The van der Waals surface area contributed by atoms with Crippen molar-refractivity contribution in [3.05, 3.63) is 77.9 Å². The van der Waals surface area contributed by atoms with Crippen LogP contribution in [0.15, 0.2) is 66.7 Å². The molecule has 3 aromatic carbocycles. The van der Waals surface area contributed by atoms with Crippen LogP contribution in [0.2, 0.25) is 0 Å². The highest BCUT2D eigenvalue weighted by Gasteiger charge is 2.24. The summed E-state index contributed by atoms with van der Waals surface area (Å²) in [5.41, 5.74) is 3.86. The highest BCUT2D eigenvalue weighted by atomic mass is 16.5. The molecule has 1 aliphatic heterocycles. The summed E-state index contributed by atoms with van der Waals surface area (Å²) in [4.78, 5) is 14.8. The standard InChI is InChI=1S/C25H25NO4/c1-28-22-11-7-6-10-21(22)19-15-20-17-26(12-13-30-25(20)23(16-19)29-2)24(27)14-18-8-4-3-5-9-18/h3-11,15-16H,12-14,17H2,1-2H3. The van der Waals surface area contributed by atoms with E-state index < -0.39 is 0 Å².